The van der Waals surface area contributed by atoms with Crippen LogP contribution < -0.4 is 10.2 Å². The summed E-state index contributed by atoms with van der Waals surface area (Å²) in [6.45, 7) is 12.0. The molecule has 1 saturated heterocycles. The average molecular weight is 410 g/mol. The third-order valence-corrected chi connectivity index (χ3v) is 6.18. The third kappa shape index (κ3) is 5.21. The van der Waals surface area contributed by atoms with Crippen LogP contribution in [0.2, 0.25) is 0 Å². The Morgan fingerprint density at radius 3 is 2.43 bits per heavy atom. The molecule has 1 aliphatic rings. The van der Waals surface area contributed by atoms with Crippen LogP contribution in [-0.2, 0) is 15.1 Å². The predicted octanol–water partition coefficient (Wildman–Crippen LogP) is 3.49. The Labute approximate surface area is 181 Å². The van der Waals surface area contributed by atoms with Gasteiger partial charge in [-0.3, -0.25) is 9.69 Å². The maximum absolute atomic E-state index is 12.8. The Bertz CT molecular complexity index is 832. The number of aryl methyl sites for hydroxylation is 2. The molecule has 0 aromatic heterocycles. The summed E-state index contributed by atoms with van der Waals surface area (Å²) in [7, 11) is 1.59. The number of anilines is 1. The number of carbonyl (C=O) groups excluding carboxylic acids is 1. The van der Waals surface area contributed by atoms with Gasteiger partial charge in [-0.15, -0.1) is 0 Å². The molecule has 1 aliphatic heterocycles. The molecule has 2 aromatic rings. The van der Waals surface area contributed by atoms with Crippen molar-refractivity contribution in [3.05, 3.63) is 65.2 Å². The molecule has 1 amide bonds. The second kappa shape index (κ2) is 10.1. The second-order valence-corrected chi connectivity index (χ2v) is 8.33. The highest BCUT2D eigenvalue weighted by molar-refractivity contribution is 5.86. The lowest BCUT2D eigenvalue weighted by Gasteiger charge is -2.37. The molecule has 30 heavy (non-hydrogen) atoms. The summed E-state index contributed by atoms with van der Waals surface area (Å²) in [5, 5.41) is 3.06. The van der Waals surface area contributed by atoms with Crippen LogP contribution in [0.15, 0.2) is 48.5 Å². The molecule has 0 bridgehead atoms. The monoisotopic (exact) mass is 409 g/mol. The Morgan fingerprint density at radius 2 is 1.77 bits per heavy atom. The fraction of sp³-hybridized carbons (Fsp3) is 0.480. The standard InChI is InChI=1S/C25H35N3O2/c1-20-11-12-21(2)23(19-20)28-17-15-27(16-18-28)14-8-13-26-24(29)25(3,30-4)22-9-6-5-7-10-22/h5-7,9-12,19H,8,13-18H2,1-4H3,(H,26,29). The molecule has 0 spiro atoms. The number of nitrogens with zero attached hydrogens (tertiary/aromatic N) is 2. The van der Waals surface area contributed by atoms with E-state index in [9.17, 15) is 4.79 Å². The van der Waals surface area contributed by atoms with Gasteiger partial charge in [0, 0.05) is 45.5 Å². The number of ether oxygens (including phenoxy) is 1. The fourth-order valence-electron chi connectivity index (χ4n) is 4.04. The number of methoxy groups -OCH3 is 1. The number of hydrogen-bond donors (Lipinski definition) is 1. The summed E-state index contributed by atoms with van der Waals surface area (Å²) in [6.07, 6.45) is 0.934. The Balaban J connectivity index is 1.42. The van der Waals surface area contributed by atoms with Gasteiger partial charge in [-0.25, -0.2) is 0 Å². The molecular formula is C25H35N3O2. The van der Waals surface area contributed by atoms with Gasteiger partial charge >= 0.3 is 0 Å². The molecule has 5 heteroatoms. The van der Waals surface area contributed by atoms with E-state index in [4.69, 9.17) is 4.74 Å². The van der Waals surface area contributed by atoms with Crippen LogP contribution in [0.4, 0.5) is 5.69 Å². The molecule has 1 atom stereocenters. The van der Waals surface area contributed by atoms with E-state index in [-0.39, 0.29) is 5.91 Å². The van der Waals surface area contributed by atoms with Gasteiger partial charge in [0.25, 0.3) is 5.91 Å². The van der Waals surface area contributed by atoms with Crippen LogP contribution in [0.1, 0.15) is 30.0 Å². The molecule has 1 unspecified atom stereocenters. The summed E-state index contributed by atoms with van der Waals surface area (Å²) >= 11 is 0. The lowest BCUT2D eigenvalue weighted by molar-refractivity contribution is -0.142. The molecule has 0 saturated carbocycles. The smallest absolute Gasteiger partial charge is 0.256 e. The Kier molecular flexibility index (Phi) is 7.51. The summed E-state index contributed by atoms with van der Waals surface area (Å²) in [5.41, 5.74) is 3.93. The van der Waals surface area contributed by atoms with E-state index in [1.807, 2.05) is 37.3 Å². The van der Waals surface area contributed by atoms with Crippen LogP contribution in [0, 0.1) is 13.8 Å². The number of amides is 1. The average Bonchev–Trinajstić information content (AvgIpc) is 2.78. The first-order chi connectivity index (χ1) is 14.4. The van der Waals surface area contributed by atoms with Gasteiger partial charge < -0.3 is 15.0 Å². The molecule has 0 aliphatic carbocycles. The van der Waals surface area contributed by atoms with E-state index in [1.165, 1.54) is 16.8 Å². The molecule has 1 fully saturated rings. The first-order valence-electron chi connectivity index (χ1n) is 10.9. The molecule has 162 valence electrons. The zero-order valence-electron chi connectivity index (χ0n) is 18.8. The predicted molar refractivity (Wildman–Crippen MR) is 123 cm³/mol. The van der Waals surface area contributed by atoms with Crippen LogP contribution in [0.3, 0.4) is 0 Å². The van der Waals surface area contributed by atoms with E-state index in [2.05, 4.69) is 47.2 Å². The van der Waals surface area contributed by atoms with Crippen LogP contribution in [-0.4, -0.2) is 57.2 Å². The highest BCUT2D eigenvalue weighted by Crippen LogP contribution is 2.25. The van der Waals surface area contributed by atoms with Crippen molar-refractivity contribution in [2.45, 2.75) is 32.8 Å². The largest absolute Gasteiger partial charge is 0.369 e. The van der Waals surface area contributed by atoms with Crippen molar-refractivity contribution in [1.29, 1.82) is 0 Å². The third-order valence-electron chi connectivity index (χ3n) is 6.18. The second-order valence-electron chi connectivity index (χ2n) is 8.33. The van der Waals surface area contributed by atoms with Gasteiger partial charge in [-0.05, 0) is 56.5 Å². The Morgan fingerprint density at radius 1 is 1.07 bits per heavy atom. The summed E-state index contributed by atoms with van der Waals surface area (Å²) < 4.78 is 5.58. The minimum atomic E-state index is -0.960. The minimum absolute atomic E-state index is 0.0871. The minimum Gasteiger partial charge on any atom is -0.369 e. The SMILES string of the molecule is COC(C)(C(=O)NCCCN1CCN(c2cc(C)ccc2C)CC1)c1ccccc1. The van der Waals surface area contributed by atoms with Gasteiger partial charge in [-0.2, -0.15) is 0 Å². The van der Waals surface area contributed by atoms with Gasteiger partial charge in [0.15, 0.2) is 5.60 Å². The van der Waals surface area contributed by atoms with Crippen molar-refractivity contribution in [3.63, 3.8) is 0 Å². The van der Waals surface area contributed by atoms with Gasteiger partial charge in [0.2, 0.25) is 0 Å². The van der Waals surface area contributed by atoms with Gasteiger partial charge in [0.1, 0.15) is 0 Å². The van der Waals surface area contributed by atoms with Crippen molar-refractivity contribution in [2.75, 3.05) is 51.3 Å². The molecule has 0 radical (unpaired) electrons. The number of piperazine rings is 1. The first-order valence-corrected chi connectivity index (χ1v) is 10.9. The molecule has 2 aromatic carbocycles. The highest BCUT2D eigenvalue weighted by atomic mass is 16.5. The number of carbonyl (C=O) groups is 1. The van der Waals surface area contributed by atoms with Crippen molar-refractivity contribution in [3.8, 4) is 0 Å². The lowest BCUT2D eigenvalue weighted by Crippen LogP contribution is -2.48. The fourth-order valence-corrected chi connectivity index (χ4v) is 4.04. The van der Waals surface area contributed by atoms with Gasteiger partial charge in [-0.1, -0.05) is 42.5 Å². The van der Waals surface area contributed by atoms with E-state index in [0.717, 1.165) is 44.7 Å². The summed E-state index contributed by atoms with van der Waals surface area (Å²) in [5.74, 6) is -0.0871. The quantitative estimate of drug-likeness (QED) is 0.678. The van der Waals surface area contributed by atoms with E-state index in [1.54, 1.807) is 7.11 Å². The maximum atomic E-state index is 12.8. The van der Waals surface area contributed by atoms with E-state index >= 15 is 0 Å². The molecular weight excluding hydrogens is 374 g/mol. The van der Waals surface area contributed by atoms with Crippen LogP contribution in [0.25, 0.3) is 0 Å². The summed E-state index contributed by atoms with van der Waals surface area (Å²) in [6, 6.07) is 16.3. The Hall–Kier alpha value is -2.37. The van der Waals surface area contributed by atoms with Crippen molar-refractivity contribution < 1.29 is 9.53 Å². The van der Waals surface area contributed by atoms with Crippen LogP contribution in [0.5, 0.6) is 0 Å². The molecule has 3 rings (SSSR count). The normalized spacial score (nSPS) is 16.9. The number of nitrogens with one attached hydrogen (secondary N) is 1. The highest BCUT2D eigenvalue weighted by Gasteiger charge is 2.34. The molecule has 1 heterocycles. The van der Waals surface area contributed by atoms with Gasteiger partial charge in [0.05, 0.1) is 0 Å². The zero-order chi connectivity index (χ0) is 21.6. The summed E-state index contributed by atoms with van der Waals surface area (Å²) in [4.78, 5) is 17.7. The first kappa shape index (κ1) is 22.3. The maximum Gasteiger partial charge on any atom is 0.256 e. The zero-order valence-corrected chi connectivity index (χ0v) is 18.8. The van der Waals surface area contributed by atoms with E-state index < -0.39 is 5.60 Å². The number of hydrogen-bond acceptors (Lipinski definition) is 4. The number of rotatable bonds is 8. The molecule has 1 N–H and O–H groups in total. The van der Waals surface area contributed by atoms with E-state index in [0.29, 0.717) is 6.54 Å². The van der Waals surface area contributed by atoms with Crippen molar-refractivity contribution in [1.82, 2.24) is 10.2 Å². The topological polar surface area (TPSA) is 44.8 Å². The van der Waals surface area contributed by atoms with Crippen molar-refractivity contribution in [2.24, 2.45) is 0 Å². The van der Waals surface area contributed by atoms with Crippen LogP contribution >= 0.6 is 0 Å². The van der Waals surface area contributed by atoms with Crippen molar-refractivity contribution >= 4 is 11.6 Å². The number of benzene rings is 2. The molecule has 5 nitrogen and oxygen atoms in total. The lowest BCUT2D eigenvalue weighted by atomic mass is 9.94.